The van der Waals surface area contributed by atoms with E-state index >= 15 is 0 Å². The predicted molar refractivity (Wildman–Crippen MR) is 68.6 cm³/mol. The van der Waals surface area contributed by atoms with Crippen molar-refractivity contribution >= 4 is 12.0 Å². The molecule has 2 amide bonds. The Kier molecular flexibility index (Phi) is 10.0. The van der Waals surface area contributed by atoms with Gasteiger partial charge in [-0.2, -0.15) is 0 Å². The van der Waals surface area contributed by atoms with E-state index in [1.165, 1.54) is 4.90 Å². The summed E-state index contributed by atoms with van der Waals surface area (Å²) in [6.45, 7) is 6.28. The van der Waals surface area contributed by atoms with Gasteiger partial charge in [0.15, 0.2) is 0 Å². The molecule has 0 heterocycles. The first kappa shape index (κ1) is 16.7. The molecule has 0 atom stereocenters. The van der Waals surface area contributed by atoms with Crippen LogP contribution in [0.5, 0.6) is 0 Å². The van der Waals surface area contributed by atoms with Crippen LogP contribution in [0.3, 0.4) is 0 Å². The molecule has 6 nitrogen and oxygen atoms in total. The number of unbranched alkanes of at least 4 members (excludes halogenated alkanes) is 1. The molecular formula is C12H24N2O4. The molecule has 0 aliphatic rings. The van der Waals surface area contributed by atoms with E-state index in [0.717, 1.165) is 12.8 Å². The van der Waals surface area contributed by atoms with Crippen molar-refractivity contribution in [3.05, 3.63) is 0 Å². The van der Waals surface area contributed by atoms with Gasteiger partial charge in [0, 0.05) is 26.2 Å². The Morgan fingerprint density at radius 2 is 2.00 bits per heavy atom. The van der Waals surface area contributed by atoms with E-state index in [1.807, 2.05) is 6.92 Å². The van der Waals surface area contributed by atoms with Crippen LogP contribution >= 0.6 is 0 Å². The highest BCUT2D eigenvalue weighted by Gasteiger charge is 2.11. The summed E-state index contributed by atoms with van der Waals surface area (Å²) in [5.74, 6) is -0.899. The number of carboxylic acid groups (broad SMARTS) is 1. The van der Waals surface area contributed by atoms with Crippen molar-refractivity contribution < 1.29 is 19.4 Å². The maximum absolute atomic E-state index is 11.6. The second-order valence-electron chi connectivity index (χ2n) is 3.92. The Morgan fingerprint density at radius 3 is 2.56 bits per heavy atom. The molecule has 0 bridgehead atoms. The van der Waals surface area contributed by atoms with Crippen LogP contribution in [0.4, 0.5) is 4.79 Å². The molecule has 0 aliphatic heterocycles. The zero-order valence-corrected chi connectivity index (χ0v) is 11.3. The van der Waals surface area contributed by atoms with Gasteiger partial charge in [-0.05, 0) is 13.3 Å². The number of amides is 2. The Morgan fingerprint density at radius 1 is 1.28 bits per heavy atom. The van der Waals surface area contributed by atoms with Gasteiger partial charge >= 0.3 is 12.0 Å². The van der Waals surface area contributed by atoms with Crippen LogP contribution in [-0.2, 0) is 9.53 Å². The Balaban J connectivity index is 3.66. The van der Waals surface area contributed by atoms with Gasteiger partial charge in [0.2, 0.25) is 0 Å². The molecule has 0 unspecified atom stereocenters. The smallest absolute Gasteiger partial charge is 0.317 e. The van der Waals surface area contributed by atoms with Crippen LogP contribution in [0.25, 0.3) is 0 Å². The third kappa shape index (κ3) is 8.81. The van der Waals surface area contributed by atoms with Gasteiger partial charge in [-0.1, -0.05) is 13.3 Å². The van der Waals surface area contributed by atoms with Crippen molar-refractivity contribution in [1.82, 2.24) is 10.2 Å². The molecule has 0 aromatic heterocycles. The molecule has 0 fully saturated rings. The van der Waals surface area contributed by atoms with Crippen LogP contribution in [-0.4, -0.2) is 54.9 Å². The topological polar surface area (TPSA) is 78.9 Å². The number of carbonyl (C=O) groups is 2. The predicted octanol–water partition coefficient (Wildman–Crippen LogP) is 1.31. The van der Waals surface area contributed by atoms with Crippen LogP contribution in [0.15, 0.2) is 0 Å². The summed E-state index contributed by atoms with van der Waals surface area (Å²) in [4.78, 5) is 23.5. The number of nitrogens with zero attached hydrogens (tertiary/aromatic N) is 1. The van der Waals surface area contributed by atoms with Crippen molar-refractivity contribution in [2.45, 2.75) is 33.1 Å². The van der Waals surface area contributed by atoms with Gasteiger partial charge in [-0.25, -0.2) is 4.79 Å². The summed E-state index contributed by atoms with van der Waals surface area (Å²) in [5, 5.41) is 11.3. The highest BCUT2D eigenvalue weighted by molar-refractivity contribution is 5.75. The third-order valence-electron chi connectivity index (χ3n) is 2.43. The quantitative estimate of drug-likeness (QED) is 0.580. The Labute approximate surface area is 108 Å². The van der Waals surface area contributed by atoms with E-state index in [1.54, 1.807) is 0 Å². The average Bonchev–Trinajstić information content (AvgIpc) is 2.34. The molecule has 0 spiro atoms. The summed E-state index contributed by atoms with van der Waals surface area (Å²) in [5.41, 5.74) is 0. The number of ether oxygens (including phenoxy) is 1. The lowest BCUT2D eigenvalue weighted by atomic mass is 10.4. The fourth-order valence-corrected chi connectivity index (χ4v) is 1.32. The van der Waals surface area contributed by atoms with Crippen LogP contribution in [0.1, 0.15) is 33.1 Å². The summed E-state index contributed by atoms with van der Waals surface area (Å²) < 4.78 is 5.31. The number of carbonyl (C=O) groups excluding carboxylic acids is 1. The third-order valence-corrected chi connectivity index (χ3v) is 2.43. The molecular weight excluding hydrogens is 236 g/mol. The summed E-state index contributed by atoms with van der Waals surface area (Å²) in [7, 11) is 0. The van der Waals surface area contributed by atoms with Crippen molar-refractivity contribution in [2.75, 3.05) is 32.8 Å². The fourth-order valence-electron chi connectivity index (χ4n) is 1.32. The monoisotopic (exact) mass is 260 g/mol. The number of hydrogen-bond donors (Lipinski definition) is 2. The van der Waals surface area contributed by atoms with Crippen LogP contribution in [0.2, 0.25) is 0 Å². The van der Waals surface area contributed by atoms with Crippen LogP contribution in [0, 0.1) is 0 Å². The maximum Gasteiger partial charge on any atom is 0.317 e. The van der Waals surface area contributed by atoms with E-state index in [0.29, 0.717) is 26.3 Å². The number of nitrogens with one attached hydrogen (secondary N) is 1. The van der Waals surface area contributed by atoms with Crippen LogP contribution < -0.4 is 5.32 Å². The number of aliphatic carboxylic acids is 1. The summed E-state index contributed by atoms with van der Waals surface area (Å²) in [6.07, 6.45) is 2.08. The summed E-state index contributed by atoms with van der Waals surface area (Å²) in [6, 6.07) is -0.238. The molecule has 0 saturated carbocycles. The van der Waals surface area contributed by atoms with E-state index < -0.39 is 5.97 Å². The molecule has 0 aromatic rings. The van der Waals surface area contributed by atoms with E-state index in [-0.39, 0.29) is 19.0 Å². The minimum Gasteiger partial charge on any atom is -0.481 e. The molecule has 2 N–H and O–H groups in total. The van der Waals surface area contributed by atoms with E-state index in [4.69, 9.17) is 9.84 Å². The molecule has 18 heavy (non-hydrogen) atoms. The lowest BCUT2D eigenvalue weighted by Gasteiger charge is -2.20. The molecule has 0 radical (unpaired) electrons. The zero-order valence-electron chi connectivity index (χ0n) is 11.3. The fraction of sp³-hybridized carbons (Fsp3) is 0.833. The number of rotatable bonds is 10. The van der Waals surface area contributed by atoms with E-state index in [2.05, 4.69) is 12.2 Å². The standard InChI is InChI=1S/C12H24N2O4/c1-3-5-9-18-10-7-13-12(17)14(4-2)8-6-11(15)16/h3-10H2,1-2H3,(H,13,17)(H,15,16). The highest BCUT2D eigenvalue weighted by atomic mass is 16.5. The number of carboxylic acids is 1. The van der Waals surface area contributed by atoms with Crippen molar-refractivity contribution in [3.8, 4) is 0 Å². The average molecular weight is 260 g/mol. The Bertz CT molecular complexity index is 246. The van der Waals surface area contributed by atoms with Crippen molar-refractivity contribution in [2.24, 2.45) is 0 Å². The first-order chi connectivity index (χ1) is 8.61. The molecule has 0 rings (SSSR count). The molecule has 106 valence electrons. The van der Waals surface area contributed by atoms with Gasteiger partial charge in [-0.15, -0.1) is 0 Å². The normalized spacial score (nSPS) is 10.1. The highest BCUT2D eigenvalue weighted by Crippen LogP contribution is 1.93. The van der Waals surface area contributed by atoms with Crippen molar-refractivity contribution in [1.29, 1.82) is 0 Å². The number of hydrogen-bond acceptors (Lipinski definition) is 3. The minimum absolute atomic E-state index is 0.0335. The first-order valence-corrected chi connectivity index (χ1v) is 6.44. The van der Waals surface area contributed by atoms with Gasteiger partial charge in [0.05, 0.1) is 13.0 Å². The molecule has 0 aliphatic carbocycles. The largest absolute Gasteiger partial charge is 0.481 e. The number of urea groups is 1. The second-order valence-corrected chi connectivity index (χ2v) is 3.92. The van der Waals surface area contributed by atoms with Gasteiger partial charge in [-0.3, -0.25) is 4.79 Å². The zero-order chi connectivity index (χ0) is 13.8. The Hall–Kier alpha value is -1.30. The van der Waals surface area contributed by atoms with Gasteiger partial charge < -0.3 is 20.1 Å². The summed E-state index contributed by atoms with van der Waals surface area (Å²) >= 11 is 0. The van der Waals surface area contributed by atoms with Gasteiger partial charge in [0.25, 0.3) is 0 Å². The lowest BCUT2D eigenvalue weighted by Crippen LogP contribution is -2.42. The van der Waals surface area contributed by atoms with E-state index in [9.17, 15) is 9.59 Å². The lowest BCUT2D eigenvalue weighted by molar-refractivity contribution is -0.137. The molecule has 6 heteroatoms. The molecule has 0 aromatic carbocycles. The van der Waals surface area contributed by atoms with Crippen molar-refractivity contribution in [3.63, 3.8) is 0 Å². The molecule has 0 saturated heterocycles. The van der Waals surface area contributed by atoms with Gasteiger partial charge in [0.1, 0.15) is 0 Å². The SMILES string of the molecule is CCCCOCCNC(=O)N(CC)CCC(=O)O. The maximum atomic E-state index is 11.6. The minimum atomic E-state index is -0.899. The second kappa shape index (κ2) is 10.8. The first-order valence-electron chi connectivity index (χ1n) is 6.44.